The monoisotopic (exact) mass is 391 g/mol. The number of rotatable bonds is 8. The van der Waals surface area contributed by atoms with Crippen LogP contribution in [0.4, 0.5) is 0 Å². The third-order valence-corrected chi connectivity index (χ3v) is 4.60. The zero-order valence-corrected chi connectivity index (χ0v) is 16.7. The predicted molar refractivity (Wildman–Crippen MR) is 110 cm³/mol. The van der Waals surface area contributed by atoms with E-state index >= 15 is 0 Å². The van der Waals surface area contributed by atoms with Gasteiger partial charge in [0.25, 0.3) is 5.91 Å². The van der Waals surface area contributed by atoms with Crippen LogP contribution in [0, 0.1) is 13.8 Å². The van der Waals surface area contributed by atoms with Crippen LogP contribution in [0.3, 0.4) is 0 Å². The Morgan fingerprint density at radius 3 is 2.48 bits per heavy atom. The second kappa shape index (κ2) is 9.68. The number of furan rings is 1. The summed E-state index contributed by atoms with van der Waals surface area (Å²) in [4.78, 5) is 31.1. The number of pyridine rings is 1. The largest absolute Gasteiger partial charge is 0.466 e. The zero-order valence-electron chi connectivity index (χ0n) is 16.7. The molecular formula is C23H25N3O3. The van der Waals surface area contributed by atoms with Crippen LogP contribution < -0.4 is 5.32 Å². The molecule has 29 heavy (non-hydrogen) atoms. The van der Waals surface area contributed by atoms with Crippen LogP contribution in [0.2, 0.25) is 0 Å². The van der Waals surface area contributed by atoms with Gasteiger partial charge in [0.1, 0.15) is 11.5 Å². The van der Waals surface area contributed by atoms with Gasteiger partial charge in [0.05, 0.1) is 5.56 Å². The van der Waals surface area contributed by atoms with Crippen molar-refractivity contribution in [2.75, 3.05) is 6.54 Å². The van der Waals surface area contributed by atoms with Crippen molar-refractivity contribution in [1.29, 1.82) is 0 Å². The molecule has 2 amide bonds. The molecule has 0 unspecified atom stereocenters. The molecule has 0 aliphatic rings. The number of nitrogens with zero attached hydrogens (tertiary/aromatic N) is 2. The summed E-state index contributed by atoms with van der Waals surface area (Å²) in [5.41, 5.74) is 2.48. The van der Waals surface area contributed by atoms with Crippen LogP contribution in [-0.2, 0) is 17.9 Å². The number of aryl methyl sites for hydroxylation is 2. The molecule has 2 heterocycles. The summed E-state index contributed by atoms with van der Waals surface area (Å²) in [6, 6.07) is 15.2. The van der Waals surface area contributed by atoms with Crippen molar-refractivity contribution in [1.82, 2.24) is 15.2 Å². The highest BCUT2D eigenvalue weighted by Gasteiger charge is 2.21. The molecule has 0 fully saturated rings. The van der Waals surface area contributed by atoms with Crippen molar-refractivity contribution >= 4 is 11.8 Å². The smallest absolute Gasteiger partial charge is 0.257 e. The Morgan fingerprint density at radius 1 is 1.07 bits per heavy atom. The predicted octanol–water partition coefficient (Wildman–Crippen LogP) is 3.64. The SMILES string of the molecule is Cc1cc(C(=O)N(CCC(=O)NCc2cccnc2)Cc2ccccc2)c(C)o1. The van der Waals surface area contributed by atoms with Crippen molar-refractivity contribution in [3.05, 3.63) is 89.1 Å². The van der Waals surface area contributed by atoms with Gasteiger partial charge in [0.2, 0.25) is 5.91 Å². The number of amides is 2. The lowest BCUT2D eigenvalue weighted by Crippen LogP contribution is -2.35. The van der Waals surface area contributed by atoms with Gasteiger partial charge in [-0.25, -0.2) is 0 Å². The lowest BCUT2D eigenvalue weighted by molar-refractivity contribution is -0.121. The number of carbonyl (C=O) groups excluding carboxylic acids is 2. The quantitative estimate of drug-likeness (QED) is 0.636. The van der Waals surface area contributed by atoms with Gasteiger partial charge in [-0.2, -0.15) is 0 Å². The summed E-state index contributed by atoms with van der Waals surface area (Å²) >= 11 is 0. The minimum atomic E-state index is -0.136. The van der Waals surface area contributed by atoms with Crippen molar-refractivity contribution < 1.29 is 14.0 Å². The van der Waals surface area contributed by atoms with Gasteiger partial charge in [0.15, 0.2) is 0 Å². The van der Waals surface area contributed by atoms with Crippen LogP contribution in [-0.4, -0.2) is 28.2 Å². The Bertz CT molecular complexity index is 952. The number of carbonyl (C=O) groups is 2. The third kappa shape index (κ3) is 5.78. The summed E-state index contributed by atoms with van der Waals surface area (Å²) in [5, 5.41) is 2.88. The normalized spacial score (nSPS) is 10.6. The van der Waals surface area contributed by atoms with Crippen LogP contribution in [0.1, 0.15) is 39.4 Å². The average molecular weight is 391 g/mol. The van der Waals surface area contributed by atoms with Crippen molar-refractivity contribution in [2.45, 2.75) is 33.4 Å². The van der Waals surface area contributed by atoms with Crippen LogP contribution in [0.5, 0.6) is 0 Å². The molecule has 1 N–H and O–H groups in total. The first kappa shape index (κ1) is 20.3. The van der Waals surface area contributed by atoms with E-state index in [2.05, 4.69) is 10.3 Å². The summed E-state index contributed by atoms with van der Waals surface area (Å²) in [5.74, 6) is 1.04. The van der Waals surface area contributed by atoms with Crippen molar-refractivity contribution in [2.24, 2.45) is 0 Å². The standard InChI is InChI=1S/C23H25N3O3/c1-17-13-21(18(2)29-17)23(28)26(16-19-7-4-3-5-8-19)12-10-22(27)25-15-20-9-6-11-24-14-20/h3-9,11,13-14H,10,12,15-16H2,1-2H3,(H,25,27). The van der Waals surface area contributed by atoms with Crippen LogP contribution in [0.25, 0.3) is 0 Å². The van der Waals surface area contributed by atoms with Crippen molar-refractivity contribution in [3.63, 3.8) is 0 Å². The summed E-state index contributed by atoms with van der Waals surface area (Å²) < 4.78 is 5.52. The van der Waals surface area contributed by atoms with E-state index in [4.69, 9.17) is 4.42 Å². The van der Waals surface area contributed by atoms with Gasteiger partial charge in [-0.1, -0.05) is 36.4 Å². The minimum Gasteiger partial charge on any atom is -0.466 e. The number of aromatic nitrogens is 1. The van der Waals surface area contributed by atoms with Gasteiger partial charge >= 0.3 is 0 Å². The fraction of sp³-hybridized carbons (Fsp3) is 0.261. The molecule has 0 aliphatic heterocycles. The molecule has 1 aromatic carbocycles. The van der Waals surface area contributed by atoms with Gasteiger partial charge in [-0.3, -0.25) is 14.6 Å². The zero-order chi connectivity index (χ0) is 20.6. The van der Waals surface area contributed by atoms with E-state index in [9.17, 15) is 9.59 Å². The van der Waals surface area contributed by atoms with Gasteiger partial charge in [0, 0.05) is 38.4 Å². The summed E-state index contributed by atoms with van der Waals surface area (Å²) in [7, 11) is 0. The Hall–Kier alpha value is -3.41. The molecule has 2 aromatic heterocycles. The summed E-state index contributed by atoms with van der Waals surface area (Å²) in [6.07, 6.45) is 3.63. The van der Waals surface area contributed by atoms with E-state index in [0.717, 1.165) is 11.1 Å². The lowest BCUT2D eigenvalue weighted by atomic mass is 10.1. The number of nitrogens with one attached hydrogen (secondary N) is 1. The van der Waals surface area contributed by atoms with Gasteiger partial charge < -0.3 is 14.6 Å². The molecule has 0 aliphatic carbocycles. The molecule has 3 rings (SSSR count). The Balaban J connectivity index is 1.65. The Morgan fingerprint density at radius 2 is 1.83 bits per heavy atom. The highest BCUT2D eigenvalue weighted by atomic mass is 16.3. The number of hydrogen-bond donors (Lipinski definition) is 1. The Labute approximate surface area is 170 Å². The maximum atomic E-state index is 13.1. The van der Waals surface area contributed by atoms with E-state index < -0.39 is 0 Å². The second-order valence-electron chi connectivity index (χ2n) is 6.93. The molecular weight excluding hydrogens is 366 g/mol. The molecule has 0 spiro atoms. The van der Waals surface area contributed by atoms with Crippen LogP contribution in [0.15, 0.2) is 65.3 Å². The molecule has 0 radical (unpaired) electrons. The Kier molecular flexibility index (Phi) is 6.79. The molecule has 0 bridgehead atoms. The van der Waals surface area contributed by atoms with E-state index in [1.165, 1.54) is 0 Å². The highest BCUT2D eigenvalue weighted by molar-refractivity contribution is 5.95. The third-order valence-electron chi connectivity index (χ3n) is 4.60. The first-order chi connectivity index (χ1) is 14.0. The topological polar surface area (TPSA) is 75.4 Å². The minimum absolute atomic E-state index is 0.111. The first-order valence-corrected chi connectivity index (χ1v) is 9.59. The number of hydrogen-bond acceptors (Lipinski definition) is 4. The second-order valence-corrected chi connectivity index (χ2v) is 6.93. The summed E-state index contributed by atoms with van der Waals surface area (Å²) in [6.45, 7) is 4.76. The fourth-order valence-electron chi connectivity index (χ4n) is 3.10. The van der Waals surface area contributed by atoms with Gasteiger partial charge in [-0.05, 0) is 37.1 Å². The highest BCUT2D eigenvalue weighted by Crippen LogP contribution is 2.18. The molecule has 150 valence electrons. The molecule has 0 saturated heterocycles. The van der Waals surface area contributed by atoms with E-state index in [-0.39, 0.29) is 18.2 Å². The van der Waals surface area contributed by atoms with Crippen molar-refractivity contribution in [3.8, 4) is 0 Å². The molecule has 6 heteroatoms. The molecule has 0 saturated carbocycles. The maximum Gasteiger partial charge on any atom is 0.257 e. The molecule has 3 aromatic rings. The van der Waals surface area contributed by atoms with E-state index in [1.807, 2.05) is 49.4 Å². The number of benzene rings is 1. The first-order valence-electron chi connectivity index (χ1n) is 9.59. The average Bonchev–Trinajstić information content (AvgIpc) is 3.08. The van der Waals surface area contributed by atoms with E-state index in [1.54, 1.807) is 30.3 Å². The molecule has 0 atom stereocenters. The van der Waals surface area contributed by atoms with Crippen LogP contribution >= 0.6 is 0 Å². The van der Waals surface area contributed by atoms with E-state index in [0.29, 0.717) is 36.7 Å². The molecule has 6 nitrogen and oxygen atoms in total. The lowest BCUT2D eigenvalue weighted by Gasteiger charge is -2.22. The fourth-order valence-corrected chi connectivity index (χ4v) is 3.10. The maximum absolute atomic E-state index is 13.1. The van der Waals surface area contributed by atoms with Gasteiger partial charge in [-0.15, -0.1) is 0 Å².